The van der Waals surface area contributed by atoms with Gasteiger partial charge in [0, 0.05) is 19.6 Å². The standard InChI is InChI=1S/C16H15Br4O2P/c1-16(2,3)23(12-6-8(17)4-10(19)14(12)21)13-7-9(18)5-11(20)15(13)22/h4-7,21-22H,1-3H3. The van der Waals surface area contributed by atoms with Gasteiger partial charge in [-0.1, -0.05) is 52.6 Å². The average molecular weight is 590 g/mol. The summed E-state index contributed by atoms with van der Waals surface area (Å²) in [7, 11) is -1.02. The van der Waals surface area contributed by atoms with Gasteiger partial charge in [-0.3, -0.25) is 0 Å². The highest BCUT2D eigenvalue weighted by Gasteiger charge is 2.33. The highest BCUT2D eigenvalue weighted by molar-refractivity contribution is 9.11. The second-order valence-corrected chi connectivity index (χ2v) is 12.5. The van der Waals surface area contributed by atoms with E-state index >= 15 is 0 Å². The number of halogens is 4. The minimum absolute atomic E-state index is 0.162. The zero-order valence-electron chi connectivity index (χ0n) is 12.7. The van der Waals surface area contributed by atoms with Gasteiger partial charge in [0.25, 0.3) is 0 Å². The van der Waals surface area contributed by atoms with Crippen molar-refractivity contribution in [3.8, 4) is 11.5 Å². The number of phenols is 2. The van der Waals surface area contributed by atoms with Crippen molar-refractivity contribution in [3.05, 3.63) is 42.2 Å². The van der Waals surface area contributed by atoms with Crippen LogP contribution in [0.2, 0.25) is 0 Å². The summed E-state index contributed by atoms with van der Waals surface area (Å²) in [6, 6.07) is 7.47. The molecule has 124 valence electrons. The molecule has 2 nitrogen and oxygen atoms in total. The van der Waals surface area contributed by atoms with Crippen LogP contribution in [-0.4, -0.2) is 15.4 Å². The molecule has 0 atom stereocenters. The summed E-state index contributed by atoms with van der Waals surface area (Å²) >= 11 is 13.8. The first-order valence-corrected chi connectivity index (χ1v) is 11.2. The molecule has 0 spiro atoms. The Bertz CT molecular complexity index is 699. The van der Waals surface area contributed by atoms with E-state index in [0.29, 0.717) is 8.95 Å². The lowest BCUT2D eigenvalue weighted by Crippen LogP contribution is -2.27. The van der Waals surface area contributed by atoms with Crippen molar-refractivity contribution in [1.29, 1.82) is 0 Å². The molecule has 0 aliphatic rings. The fourth-order valence-corrected chi connectivity index (χ4v) is 8.31. The molecule has 0 radical (unpaired) electrons. The van der Waals surface area contributed by atoms with Crippen molar-refractivity contribution in [2.45, 2.75) is 25.9 Å². The predicted molar refractivity (Wildman–Crippen MR) is 113 cm³/mol. The smallest absolute Gasteiger partial charge is 0.137 e. The van der Waals surface area contributed by atoms with E-state index in [4.69, 9.17) is 0 Å². The molecule has 0 unspecified atom stereocenters. The van der Waals surface area contributed by atoms with Crippen molar-refractivity contribution in [2.24, 2.45) is 0 Å². The van der Waals surface area contributed by atoms with Crippen molar-refractivity contribution >= 4 is 82.3 Å². The van der Waals surface area contributed by atoms with Crippen LogP contribution < -0.4 is 10.6 Å². The molecule has 0 amide bonds. The molecule has 2 N–H and O–H groups in total. The van der Waals surface area contributed by atoms with Crippen LogP contribution in [0.25, 0.3) is 0 Å². The molecule has 2 rings (SSSR count). The van der Waals surface area contributed by atoms with E-state index < -0.39 is 7.92 Å². The molecule has 0 heterocycles. The lowest BCUT2D eigenvalue weighted by Gasteiger charge is -2.33. The maximum absolute atomic E-state index is 10.6. The number of phenolic OH excluding ortho intramolecular Hbond substituents is 2. The third-order valence-electron chi connectivity index (χ3n) is 3.17. The van der Waals surface area contributed by atoms with Crippen molar-refractivity contribution in [3.63, 3.8) is 0 Å². The third kappa shape index (κ3) is 4.33. The molecule has 0 aliphatic heterocycles. The molecule has 0 saturated carbocycles. The first-order valence-electron chi connectivity index (χ1n) is 6.68. The minimum Gasteiger partial charge on any atom is -0.506 e. The van der Waals surface area contributed by atoms with Gasteiger partial charge >= 0.3 is 0 Å². The Balaban J connectivity index is 2.80. The van der Waals surface area contributed by atoms with E-state index in [1.807, 2.05) is 24.3 Å². The van der Waals surface area contributed by atoms with Crippen LogP contribution in [0.4, 0.5) is 0 Å². The van der Waals surface area contributed by atoms with Gasteiger partial charge in [0.1, 0.15) is 11.5 Å². The van der Waals surface area contributed by atoms with E-state index in [1.54, 1.807) is 0 Å². The van der Waals surface area contributed by atoms with Gasteiger partial charge < -0.3 is 10.2 Å². The Labute approximate surface area is 171 Å². The second-order valence-electron chi connectivity index (χ2n) is 6.02. The maximum Gasteiger partial charge on any atom is 0.137 e. The van der Waals surface area contributed by atoms with Gasteiger partial charge in [-0.2, -0.15) is 0 Å². The molecule has 0 fully saturated rings. The Morgan fingerprint density at radius 1 is 0.739 bits per heavy atom. The Morgan fingerprint density at radius 3 is 1.39 bits per heavy atom. The zero-order valence-corrected chi connectivity index (χ0v) is 19.9. The normalized spacial score (nSPS) is 12.0. The Hall–Kier alpha value is 0.390. The SMILES string of the molecule is CC(C)(C)P(c1cc(Br)cc(Br)c1O)c1cc(Br)cc(Br)c1O. The minimum atomic E-state index is -1.02. The van der Waals surface area contributed by atoms with Gasteiger partial charge in [0.05, 0.1) is 8.95 Å². The third-order valence-corrected chi connectivity index (χ3v) is 8.28. The molecule has 2 aromatic carbocycles. The average Bonchev–Trinajstić information content (AvgIpc) is 2.39. The monoisotopic (exact) mass is 586 g/mol. The van der Waals surface area contributed by atoms with E-state index in [9.17, 15) is 10.2 Å². The van der Waals surface area contributed by atoms with Gasteiger partial charge in [-0.05, 0) is 69.2 Å². The van der Waals surface area contributed by atoms with Crippen LogP contribution in [0.5, 0.6) is 11.5 Å². The molecular formula is C16H15Br4O2P. The van der Waals surface area contributed by atoms with E-state index in [-0.39, 0.29) is 16.7 Å². The maximum atomic E-state index is 10.6. The van der Waals surface area contributed by atoms with Crippen molar-refractivity contribution in [1.82, 2.24) is 0 Å². The van der Waals surface area contributed by atoms with Gasteiger partial charge in [0.15, 0.2) is 0 Å². The van der Waals surface area contributed by atoms with Crippen LogP contribution in [-0.2, 0) is 0 Å². The van der Waals surface area contributed by atoms with Crippen LogP contribution >= 0.6 is 71.6 Å². The zero-order chi connectivity index (χ0) is 17.5. The van der Waals surface area contributed by atoms with E-state index in [1.165, 1.54) is 0 Å². The number of benzene rings is 2. The second kappa shape index (κ2) is 7.33. The molecule has 23 heavy (non-hydrogen) atoms. The predicted octanol–water partition coefficient (Wildman–Crippen LogP) is 6.38. The Morgan fingerprint density at radius 2 is 1.09 bits per heavy atom. The number of rotatable bonds is 2. The fourth-order valence-electron chi connectivity index (χ4n) is 2.30. The van der Waals surface area contributed by atoms with Crippen molar-refractivity contribution in [2.75, 3.05) is 0 Å². The molecule has 7 heteroatoms. The van der Waals surface area contributed by atoms with Crippen LogP contribution in [0.15, 0.2) is 42.2 Å². The molecule has 2 aromatic rings. The van der Waals surface area contributed by atoms with Crippen LogP contribution in [0, 0.1) is 0 Å². The van der Waals surface area contributed by atoms with Crippen LogP contribution in [0.1, 0.15) is 20.8 Å². The molecular weight excluding hydrogens is 575 g/mol. The summed E-state index contributed by atoms with van der Waals surface area (Å²) in [5.41, 5.74) is 0. The summed E-state index contributed by atoms with van der Waals surface area (Å²) < 4.78 is 3.02. The summed E-state index contributed by atoms with van der Waals surface area (Å²) in [6.07, 6.45) is 0. The first-order chi connectivity index (χ1) is 10.5. The number of hydrogen-bond donors (Lipinski definition) is 2. The first kappa shape index (κ1) is 19.7. The molecule has 0 aromatic heterocycles. The summed E-state index contributed by atoms with van der Waals surface area (Å²) in [6.45, 7) is 6.34. The van der Waals surface area contributed by atoms with Gasteiger partial charge in [-0.25, -0.2) is 0 Å². The number of aromatic hydroxyl groups is 2. The molecule has 0 aliphatic carbocycles. The largest absolute Gasteiger partial charge is 0.506 e. The van der Waals surface area contributed by atoms with Crippen LogP contribution in [0.3, 0.4) is 0 Å². The summed E-state index contributed by atoms with van der Waals surface area (Å²) in [5.74, 6) is 0.425. The van der Waals surface area contributed by atoms with Gasteiger partial charge in [0.2, 0.25) is 0 Å². The lowest BCUT2D eigenvalue weighted by molar-refractivity contribution is 0.475. The highest BCUT2D eigenvalue weighted by atomic mass is 79.9. The topological polar surface area (TPSA) is 40.5 Å². The summed E-state index contributed by atoms with van der Waals surface area (Å²) in [5, 5.41) is 22.6. The Kier molecular flexibility index (Phi) is 6.28. The molecule has 0 saturated heterocycles. The fraction of sp³-hybridized carbons (Fsp3) is 0.250. The summed E-state index contributed by atoms with van der Waals surface area (Å²) in [4.78, 5) is 0. The number of hydrogen-bond acceptors (Lipinski definition) is 2. The van der Waals surface area contributed by atoms with E-state index in [0.717, 1.165) is 19.6 Å². The van der Waals surface area contributed by atoms with Gasteiger partial charge in [-0.15, -0.1) is 0 Å². The van der Waals surface area contributed by atoms with E-state index in [2.05, 4.69) is 84.5 Å². The van der Waals surface area contributed by atoms with Crippen molar-refractivity contribution < 1.29 is 10.2 Å². The lowest BCUT2D eigenvalue weighted by atomic mass is 10.2. The quantitative estimate of drug-likeness (QED) is 0.399. The highest BCUT2D eigenvalue weighted by Crippen LogP contribution is 2.53. The molecule has 0 bridgehead atoms.